The molecule has 11 heteroatoms. The first kappa shape index (κ1) is 28.7. The van der Waals surface area contributed by atoms with Gasteiger partial charge in [0.25, 0.3) is 13.9 Å². The molecule has 2 aliphatic rings. The lowest BCUT2D eigenvalue weighted by Crippen LogP contribution is -2.67. The second-order valence-electron chi connectivity index (χ2n) is 11.5. The van der Waals surface area contributed by atoms with Crippen LogP contribution in [0.3, 0.4) is 0 Å². The molecule has 2 saturated heterocycles. The summed E-state index contributed by atoms with van der Waals surface area (Å²) in [6.45, 7) is 8.02. The Hall–Kier alpha value is -3.80. The summed E-state index contributed by atoms with van der Waals surface area (Å²) in [6, 6.07) is 20.1. The molecule has 1 aromatic heterocycles. The van der Waals surface area contributed by atoms with Crippen molar-refractivity contribution in [1.82, 2.24) is 9.55 Å². The zero-order chi connectivity index (χ0) is 29.5. The van der Waals surface area contributed by atoms with Gasteiger partial charge in [-0.25, -0.2) is 4.79 Å². The third kappa shape index (κ3) is 4.87. The number of ether oxygens (including phenoxy) is 3. The second-order valence-corrected chi connectivity index (χ2v) is 15.8. The molecule has 5 rings (SSSR count). The number of aromatic nitrogens is 2. The predicted octanol–water partition coefficient (Wildman–Crippen LogP) is 1.65. The minimum Gasteiger partial charge on any atom is -0.468 e. The van der Waals surface area contributed by atoms with Gasteiger partial charge in [-0.2, -0.15) is 0 Å². The molecule has 1 N–H and O–H groups in total. The maximum atomic E-state index is 13.0. The van der Waals surface area contributed by atoms with Crippen molar-refractivity contribution in [2.45, 2.75) is 51.2 Å². The SMILES string of the molecule is COC(=O)[C@H]1C(=O)O[C@H]2[C@@H]1[C@H](n1cc(C)c(=O)[nH]c1=O)O[C@@H]2CO[Si](c1ccccc1)(c1ccccc1)C(C)(C)C. The fraction of sp³-hybridized carbons (Fsp3) is 0.400. The van der Waals surface area contributed by atoms with E-state index in [0.717, 1.165) is 10.4 Å². The van der Waals surface area contributed by atoms with E-state index in [1.165, 1.54) is 17.9 Å². The molecule has 41 heavy (non-hydrogen) atoms. The largest absolute Gasteiger partial charge is 0.468 e. The number of methoxy groups -OCH3 is 1. The van der Waals surface area contributed by atoms with Crippen LogP contribution in [0, 0.1) is 18.8 Å². The Morgan fingerprint density at radius 1 is 1.00 bits per heavy atom. The smallest absolute Gasteiger partial charge is 0.330 e. The summed E-state index contributed by atoms with van der Waals surface area (Å²) in [4.78, 5) is 52.9. The molecule has 0 radical (unpaired) electrons. The first-order chi connectivity index (χ1) is 19.5. The number of hydrogen-bond acceptors (Lipinski definition) is 8. The second kappa shape index (κ2) is 10.9. The summed E-state index contributed by atoms with van der Waals surface area (Å²) in [6.07, 6.45) is -1.39. The van der Waals surface area contributed by atoms with E-state index in [1.54, 1.807) is 6.92 Å². The molecule has 0 amide bonds. The number of nitrogens with zero attached hydrogens (tertiary/aromatic N) is 1. The van der Waals surface area contributed by atoms with Crippen LogP contribution in [0.25, 0.3) is 0 Å². The lowest BCUT2D eigenvalue weighted by molar-refractivity contribution is -0.161. The summed E-state index contributed by atoms with van der Waals surface area (Å²) >= 11 is 0. The van der Waals surface area contributed by atoms with E-state index in [-0.39, 0.29) is 17.2 Å². The molecule has 10 nitrogen and oxygen atoms in total. The maximum Gasteiger partial charge on any atom is 0.330 e. The molecule has 2 aromatic carbocycles. The van der Waals surface area contributed by atoms with Gasteiger partial charge in [0.2, 0.25) is 0 Å². The van der Waals surface area contributed by atoms with Crippen LogP contribution in [0.5, 0.6) is 0 Å². The summed E-state index contributed by atoms with van der Waals surface area (Å²) < 4.78 is 25.3. The molecule has 0 spiro atoms. The number of carbonyl (C=O) groups excluding carboxylic acids is 2. The van der Waals surface area contributed by atoms with Gasteiger partial charge in [0.1, 0.15) is 18.4 Å². The number of hydrogen-bond donors (Lipinski definition) is 1. The van der Waals surface area contributed by atoms with Crippen molar-refractivity contribution >= 4 is 30.6 Å². The van der Waals surface area contributed by atoms with Crippen LogP contribution in [-0.2, 0) is 28.2 Å². The molecule has 0 unspecified atom stereocenters. The molecule has 0 aliphatic carbocycles. The van der Waals surface area contributed by atoms with Gasteiger partial charge in [0.15, 0.2) is 5.92 Å². The van der Waals surface area contributed by atoms with E-state index in [0.29, 0.717) is 0 Å². The number of aromatic amines is 1. The van der Waals surface area contributed by atoms with Crippen molar-refractivity contribution in [2.75, 3.05) is 13.7 Å². The Kier molecular flexibility index (Phi) is 7.62. The average molecular weight is 579 g/mol. The molecule has 0 bridgehead atoms. The molecular weight excluding hydrogens is 544 g/mol. The fourth-order valence-electron chi connectivity index (χ4n) is 6.14. The summed E-state index contributed by atoms with van der Waals surface area (Å²) in [5.41, 5.74) is -0.979. The van der Waals surface area contributed by atoms with Gasteiger partial charge in [-0.15, -0.1) is 0 Å². The number of aryl methyl sites for hydroxylation is 1. The topological polar surface area (TPSA) is 126 Å². The maximum absolute atomic E-state index is 13.0. The molecule has 0 saturated carbocycles. The lowest BCUT2D eigenvalue weighted by Gasteiger charge is -2.43. The predicted molar refractivity (Wildman–Crippen MR) is 152 cm³/mol. The number of nitrogens with one attached hydrogen (secondary N) is 1. The standard InChI is InChI=1S/C30H34N2O8Si/c1-18-16-32(29(36)31-25(18)33)26-22-23(27(34)37-5)28(35)40-24(22)21(39-26)17-38-41(30(2,3)4,19-12-8-6-9-13-19)20-14-10-7-11-15-20/h6-16,21-24,26H,17H2,1-5H3,(H,31,33,36)/t21-,22-,23+,24-,26-/m1/s1. The summed E-state index contributed by atoms with van der Waals surface area (Å²) in [5.74, 6) is -3.69. The van der Waals surface area contributed by atoms with Gasteiger partial charge >= 0.3 is 17.6 Å². The Labute approximate surface area is 238 Å². The first-order valence-corrected chi connectivity index (χ1v) is 15.4. The van der Waals surface area contributed by atoms with Crippen LogP contribution >= 0.6 is 0 Å². The third-order valence-electron chi connectivity index (χ3n) is 8.04. The molecule has 2 aliphatic heterocycles. The van der Waals surface area contributed by atoms with Gasteiger partial charge in [0.05, 0.1) is 19.6 Å². The van der Waals surface area contributed by atoms with E-state index in [2.05, 4.69) is 50.0 Å². The van der Waals surface area contributed by atoms with E-state index < -0.39 is 61.8 Å². The highest BCUT2D eigenvalue weighted by Gasteiger charge is 2.62. The Morgan fingerprint density at radius 3 is 2.12 bits per heavy atom. The van der Waals surface area contributed by atoms with Crippen LogP contribution < -0.4 is 21.6 Å². The van der Waals surface area contributed by atoms with Gasteiger partial charge in [-0.05, 0) is 22.3 Å². The molecular formula is C30H34N2O8Si. The Morgan fingerprint density at radius 2 is 1.59 bits per heavy atom. The number of H-pyrrole nitrogens is 1. The van der Waals surface area contributed by atoms with Gasteiger partial charge < -0.3 is 18.6 Å². The molecule has 2 fully saturated rings. The summed E-state index contributed by atoms with van der Waals surface area (Å²) in [5, 5.41) is 1.81. The number of benzene rings is 2. The van der Waals surface area contributed by atoms with Crippen LogP contribution in [0.1, 0.15) is 32.6 Å². The van der Waals surface area contributed by atoms with E-state index in [4.69, 9.17) is 18.6 Å². The zero-order valence-corrected chi connectivity index (χ0v) is 24.7. The van der Waals surface area contributed by atoms with E-state index >= 15 is 0 Å². The highest BCUT2D eigenvalue weighted by molar-refractivity contribution is 6.99. The van der Waals surface area contributed by atoms with E-state index in [9.17, 15) is 19.2 Å². The summed E-state index contributed by atoms with van der Waals surface area (Å²) in [7, 11) is -1.79. The van der Waals surface area contributed by atoms with Gasteiger partial charge in [-0.3, -0.25) is 23.9 Å². The number of fused-ring (bicyclic) bond motifs is 1. The highest BCUT2D eigenvalue weighted by Crippen LogP contribution is 2.47. The molecule has 216 valence electrons. The number of esters is 2. The van der Waals surface area contributed by atoms with Crippen LogP contribution in [0.2, 0.25) is 5.04 Å². The zero-order valence-electron chi connectivity index (χ0n) is 23.7. The van der Waals surface area contributed by atoms with Gasteiger partial charge in [-0.1, -0.05) is 81.4 Å². The van der Waals surface area contributed by atoms with Crippen LogP contribution in [0.15, 0.2) is 76.4 Å². The van der Waals surface area contributed by atoms with Crippen molar-refractivity contribution in [3.05, 3.63) is 93.3 Å². The number of carbonyl (C=O) groups is 2. The lowest BCUT2D eigenvalue weighted by atomic mass is 9.88. The average Bonchev–Trinajstić information content (AvgIpc) is 3.46. The minimum atomic E-state index is -2.98. The van der Waals surface area contributed by atoms with E-state index in [1.807, 2.05) is 36.4 Å². The normalized spacial score (nSPS) is 24.1. The fourth-order valence-corrected chi connectivity index (χ4v) is 10.7. The van der Waals surface area contributed by atoms with Crippen LogP contribution in [-0.4, -0.2) is 55.7 Å². The van der Waals surface area contributed by atoms with Crippen molar-refractivity contribution in [3.8, 4) is 0 Å². The van der Waals surface area contributed by atoms with Gasteiger partial charge in [0, 0.05) is 11.8 Å². The molecule has 3 aromatic rings. The monoisotopic (exact) mass is 578 g/mol. The van der Waals surface area contributed by atoms with Crippen molar-refractivity contribution in [2.24, 2.45) is 11.8 Å². The molecule has 3 heterocycles. The van der Waals surface area contributed by atoms with Crippen molar-refractivity contribution in [1.29, 1.82) is 0 Å². The molecule has 5 atom stereocenters. The van der Waals surface area contributed by atoms with Crippen molar-refractivity contribution < 1.29 is 28.2 Å². The van der Waals surface area contributed by atoms with Crippen LogP contribution in [0.4, 0.5) is 0 Å². The third-order valence-corrected chi connectivity index (χ3v) is 13.0. The highest BCUT2D eigenvalue weighted by atomic mass is 28.4. The quantitative estimate of drug-likeness (QED) is 0.255. The Bertz CT molecular complexity index is 1510. The van der Waals surface area contributed by atoms with Crippen molar-refractivity contribution in [3.63, 3.8) is 0 Å². The Balaban J connectivity index is 1.58. The minimum absolute atomic E-state index is 0.0310. The number of rotatable bonds is 7. The first-order valence-electron chi connectivity index (χ1n) is 13.5.